The minimum atomic E-state index is -0.0992. The van der Waals surface area contributed by atoms with Crippen molar-refractivity contribution in [1.29, 1.82) is 0 Å². The predicted octanol–water partition coefficient (Wildman–Crippen LogP) is 5.28. The first kappa shape index (κ1) is 22.4. The van der Waals surface area contributed by atoms with Crippen LogP contribution in [0.25, 0.3) is 11.3 Å². The van der Waals surface area contributed by atoms with Crippen molar-refractivity contribution in [3.8, 4) is 28.6 Å². The second-order valence-corrected chi connectivity index (χ2v) is 8.09. The molecule has 0 unspecified atom stereocenters. The Bertz CT molecular complexity index is 1030. The van der Waals surface area contributed by atoms with Crippen molar-refractivity contribution in [1.82, 2.24) is 14.7 Å². The number of carbonyl (C=O) groups excluding carboxylic acids is 1. The lowest BCUT2D eigenvalue weighted by atomic mass is 10.1. The Labute approximate surface area is 184 Å². The molecule has 3 rings (SSSR count). The highest BCUT2D eigenvalue weighted by Crippen LogP contribution is 2.37. The van der Waals surface area contributed by atoms with Crippen LogP contribution in [0.5, 0.6) is 17.4 Å². The summed E-state index contributed by atoms with van der Waals surface area (Å²) in [6, 6.07) is 17.5. The highest BCUT2D eigenvalue weighted by molar-refractivity contribution is 5.79. The zero-order valence-corrected chi connectivity index (χ0v) is 19.1. The number of methoxy groups -OCH3 is 1. The van der Waals surface area contributed by atoms with Crippen LogP contribution in [0.3, 0.4) is 0 Å². The number of amides is 1. The number of ether oxygens (including phenoxy) is 2. The Morgan fingerprint density at radius 3 is 2.19 bits per heavy atom. The average Bonchev–Trinajstić information content (AvgIpc) is 3.07. The third kappa shape index (κ3) is 4.90. The van der Waals surface area contributed by atoms with Gasteiger partial charge in [0.05, 0.1) is 19.2 Å². The Kier molecular flexibility index (Phi) is 7.00. The monoisotopic (exact) mass is 421 g/mol. The molecule has 1 aromatic heterocycles. The first-order chi connectivity index (χ1) is 14.8. The second kappa shape index (κ2) is 9.69. The summed E-state index contributed by atoms with van der Waals surface area (Å²) in [4.78, 5) is 14.8. The number of aryl methyl sites for hydroxylation is 1. The fraction of sp³-hybridized carbons (Fsp3) is 0.360. The van der Waals surface area contributed by atoms with Gasteiger partial charge in [0.25, 0.3) is 0 Å². The maximum atomic E-state index is 13.0. The largest absolute Gasteiger partial charge is 0.493 e. The van der Waals surface area contributed by atoms with Gasteiger partial charge in [-0.3, -0.25) is 4.79 Å². The average molecular weight is 422 g/mol. The molecule has 0 saturated heterocycles. The molecule has 1 heterocycles. The summed E-state index contributed by atoms with van der Waals surface area (Å²) in [5.41, 5.74) is 2.64. The van der Waals surface area contributed by atoms with Gasteiger partial charge in [-0.1, -0.05) is 56.3 Å². The maximum absolute atomic E-state index is 13.0. The molecule has 0 atom stereocenters. The molecule has 0 spiro atoms. The molecule has 31 heavy (non-hydrogen) atoms. The highest BCUT2D eigenvalue weighted by atomic mass is 16.5. The van der Waals surface area contributed by atoms with Crippen LogP contribution in [-0.2, 0) is 18.4 Å². The minimum Gasteiger partial charge on any atom is -0.493 e. The van der Waals surface area contributed by atoms with Gasteiger partial charge < -0.3 is 14.4 Å². The number of carbonyl (C=O) groups is 1. The predicted molar refractivity (Wildman–Crippen MR) is 122 cm³/mol. The van der Waals surface area contributed by atoms with E-state index in [1.54, 1.807) is 11.8 Å². The van der Waals surface area contributed by atoms with Crippen LogP contribution in [0, 0.1) is 5.92 Å². The molecule has 0 aliphatic carbocycles. The van der Waals surface area contributed by atoms with Gasteiger partial charge in [-0.05, 0) is 26.0 Å². The van der Waals surface area contributed by atoms with E-state index in [1.165, 1.54) is 0 Å². The number of rotatable bonds is 8. The van der Waals surface area contributed by atoms with E-state index in [4.69, 9.17) is 14.6 Å². The Balaban J connectivity index is 2.12. The van der Waals surface area contributed by atoms with Crippen molar-refractivity contribution in [2.75, 3.05) is 7.11 Å². The number of nitrogens with zero attached hydrogens (tertiary/aromatic N) is 3. The van der Waals surface area contributed by atoms with Crippen molar-refractivity contribution >= 4 is 5.91 Å². The second-order valence-electron chi connectivity index (χ2n) is 8.09. The molecule has 0 radical (unpaired) electrons. The van der Waals surface area contributed by atoms with Crippen molar-refractivity contribution in [3.63, 3.8) is 0 Å². The van der Waals surface area contributed by atoms with Crippen LogP contribution in [0.15, 0.2) is 54.6 Å². The topological polar surface area (TPSA) is 56.6 Å². The van der Waals surface area contributed by atoms with Crippen LogP contribution in [-0.4, -0.2) is 33.7 Å². The van der Waals surface area contributed by atoms with Gasteiger partial charge in [0.1, 0.15) is 5.69 Å². The summed E-state index contributed by atoms with van der Waals surface area (Å²) in [5.74, 6) is 1.82. The Hall–Kier alpha value is -3.28. The molecule has 0 aliphatic heterocycles. The smallest absolute Gasteiger partial charge is 0.225 e. The van der Waals surface area contributed by atoms with E-state index in [9.17, 15) is 4.79 Å². The molecule has 2 aromatic carbocycles. The standard InChI is InChI=1S/C25H31N3O3/c1-17(2)24(29)28(18(3)4)16-20-23(19-12-8-7-9-13-19)26-27(5)25(20)31-22-15-11-10-14-21(22)30-6/h7-15,17-18H,16H2,1-6H3. The van der Waals surface area contributed by atoms with E-state index in [0.717, 1.165) is 16.8 Å². The van der Waals surface area contributed by atoms with Gasteiger partial charge >= 0.3 is 0 Å². The third-order valence-corrected chi connectivity index (χ3v) is 5.14. The van der Waals surface area contributed by atoms with Crippen LogP contribution in [0.4, 0.5) is 0 Å². The minimum absolute atomic E-state index is 0.0397. The van der Waals surface area contributed by atoms with Gasteiger partial charge in [0, 0.05) is 24.6 Å². The van der Waals surface area contributed by atoms with Crippen molar-refractivity contribution in [2.45, 2.75) is 40.3 Å². The van der Waals surface area contributed by atoms with E-state index in [2.05, 4.69) is 0 Å². The number of benzene rings is 2. The van der Waals surface area contributed by atoms with Crippen LogP contribution in [0.2, 0.25) is 0 Å². The fourth-order valence-electron chi connectivity index (χ4n) is 3.47. The van der Waals surface area contributed by atoms with E-state index in [0.29, 0.717) is 23.9 Å². The molecule has 6 heteroatoms. The van der Waals surface area contributed by atoms with Gasteiger partial charge in [0.2, 0.25) is 11.8 Å². The molecule has 6 nitrogen and oxygen atoms in total. The quantitative estimate of drug-likeness (QED) is 0.496. The van der Waals surface area contributed by atoms with Gasteiger partial charge in [-0.15, -0.1) is 0 Å². The number of aromatic nitrogens is 2. The lowest BCUT2D eigenvalue weighted by Gasteiger charge is -2.29. The SMILES string of the molecule is COc1ccccc1Oc1c(CN(C(=O)C(C)C)C(C)C)c(-c2ccccc2)nn1C. The zero-order valence-electron chi connectivity index (χ0n) is 19.1. The van der Waals surface area contributed by atoms with Crippen molar-refractivity contribution < 1.29 is 14.3 Å². The molecule has 0 N–H and O–H groups in total. The van der Waals surface area contributed by atoms with E-state index in [1.807, 2.05) is 94.2 Å². The first-order valence-electron chi connectivity index (χ1n) is 10.6. The molecule has 1 amide bonds. The first-order valence-corrected chi connectivity index (χ1v) is 10.6. The van der Waals surface area contributed by atoms with Gasteiger partial charge in [-0.25, -0.2) is 4.68 Å². The molecule has 0 aliphatic rings. The molecule has 0 bridgehead atoms. The summed E-state index contributed by atoms with van der Waals surface area (Å²) < 4.78 is 13.5. The number of hydrogen-bond donors (Lipinski definition) is 0. The molecule has 3 aromatic rings. The third-order valence-electron chi connectivity index (χ3n) is 5.14. The summed E-state index contributed by atoms with van der Waals surface area (Å²) in [6.45, 7) is 8.30. The fourth-order valence-corrected chi connectivity index (χ4v) is 3.47. The summed E-state index contributed by atoms with van der Waals surface area (Å²) in [6.07, 6.45) is 0. The Morgan fingerprint density at radius 1 is 1.00 bits per heavy atom. The van der Waals surface area contributed by atoms with Crippen LogP contribution < -0.4 is 9.47 Å². The number of para-hydroxylation sites is 2. The van der Waals surface area contributed by atoms with Crippen molar-refractivity contribution in [2.24, 2.45) is 13.0 Å². The lowest BCUT2D eigenvalue weighted by Crippen LogP contribution is -2.39. The molecule has 164 valence electrons. The highest BCUT2D eigenvalue weighted by Gasteiger charge is 2.27. The molecule has 0 fully saturated rings. The van der Waals surface area contributed by atoms with E-state index in [-0.39, 0.29) is 17.9 Å². The summed E-state index contributed by atoms with van der Waals surface area (Å²) in [7, 11) is 3.47. The van der Waals surface area contributed by atoms with E-state index >= 15 is 0 Å². The van der Waals surface area contributed by atoms with E-state index < -0.39 is 0 Å². The maximum Gasteiger partial charge on any atom is 0.225 e. The molecular formula is C25H31N3O3. The zero-order chi connectivity index (χ0) is 22.5. The van der Waals surface area contributed by atoms with Crippen LogP contribution >= 0.6 is 0 Å². The summed E-state index contributed by atoms with van der Waals surface area (Å²) >= 11 is 0. The van der Waals surface area contributed by atoms with Gasteiger partial charge in [0.15, 0.2) is 11.5 Å². The molecule has 0 saturated carbocycles. The molecular weight excluding hydrogens is 390 g/mol. The lowest BCUT2D eigenvalue weighted by molar-refractivity contribution is -0.136. The van der Waals surface area contributed by atoms with Crippen LogP contribution in [0.1, 0.15) is 33.3 Å². The Morgan fingerprint density at radius 2 is 1.61 bits per heavy atom. The number of hydrogen-bond acceptors (Lipinski definition) is 4. The summed E-state index contributed by atoms with van der Waals surface area (Å²) in [5, 5.41) is 4.76. The normalized spacial score (nSPS) is 11.1. The van der Waals surface area contributed by atoms with Crippen molar-refractivity contribution in [3.05, 3.63) is 60.2 Å². The van der Waals surface area contributed by atoms with Gasteiger partial charge in [-0.2, -0.15) is 5.10 Å².